The minimum absolute atomic E-state index is 0.0948. The van der Waals surface area contributed by atoms with Gasteiger partial charge in [0.15, 0.2) is 6.61 Å². The number of aromatic nitrogens is 1. The van der Waals surface area contributed by atoms with Crippen molar-refractivity contribution in [3.63, 3.8) is 0 Å². The van der Waals surface area contributed by atoms with Crippen molar-refractivity contribution in [2.75, 3.05) is 19.7 Å². The standard InChI is InChI=1S/C14H14BrN3O4/c15-10-5-9(6-16-7-10)13(20)17-3-1-11(2-4-17)18-12(19)8-22-14(18)21/h5-7,11H,1-4,8H2. The van der Waals surface area contributed by atoms with Gasteiger partial charge in [0.05, 0.1) is 5.56 Å². The van der Waals surface area contributed by atoms with Crippen molar-refractivity contribution in [1.29, 1.82) is 0 Å². The van der Waals surface area contributed by atoms with Crippen LogP contribution < -0.4 is 0 Å². The van der Waals surface area contributed by atoms with Gasteiger partial charge in [-0.2, -0.15) is 0 Å². The molecule has 2 aliphatic heterocycles. The Bertz CT molecular complexity index is 612. The third-order valence-electron chi connectivity index (χ3n) is 3.85. The first-order chi connectivity index (χ1) is 10.6. The van der Waals surface area contributed by atoms with Gasteiger partial charge in [-0.25, -0.2) is 9.69 Å². The molecule has 0 atom stereocenters. The maximum absolute atomic E-state index is 12.4. The number of cyclic esters (lactones) is 1. The minimum Gasteiger partial charge on any atom is -0.439 e. The summed E-state index contributed by atoms with van der Waals surface area (Å²) in [5, 5.41) is 0. The summed E-state index contributed by atoms with van der Waals surface area (Å²) in [4.78, 5) is 42.5. The van der Waals surface area contributed by atoms with E-state index in [1.165, 1.54) is 11.1 Å². The van der Waals surface area contributed by atoms with Gasteiger partial charge in [-0.1, -0.05) is 0 Å². The highest BCUT2D eigenvalue weighted by Gasteiger charge is 2.39. The van der Waals surface area contributed by atoms with Crippen molar-refractivity contribution >= 4 is 33.8 Å². The van der Waals surface area contributed by atoms with Crippen molar-refractivity contribution in [2.24, 2.45) is 0 Å². The average molecular weight is 368 g/mol. The van der Waals surface area contributed by atoms with Crippen molar-refractivity contribution in [3.8, 4) is 0 Å². The highest BCUT2D eigenvalue weighted by molar-refractivity contribution is 9.10. The zero-order chi connectivity index (χ0) is 15.7. The summed E-state index contributed by atoms with van der Waals surface area (Å²) in [5.41, 5.74) is 0.518. The van der Waals surface area contributed by atoms with E-state index in [1.807, 2.05) is 0 Å². The average Bonchev–Trinajstić information content (AvgIpc) is 2.86. The number of amides is 3. The summed E-state index contributed by atoms with van der Waals surface area (Å²) in [6, 6.07) is 1.54. The third kappa shape index (κ3) is 2.83. The molecule has 3 amide bonds. The van der Waals surface area contributed by atoms with Crippen LogP contribution in [0.3, 0.4) is 0 Å². The Morgan fingerprint density at radius 1 is 1.27 bits per heavy atom. The highest BCUT2D eigenvalue weighted by Crippen LogP contribution is 2.22. The van der Waals surface area contributed by atoms with Gasteiger partial charge < -0.3 is 9.64 Å². The Morgan fingerprint density at radius 3 is 2.59 bits per heavy atom. The molecule has 0 saturated carbocycles. The fourth-order valence-electron chi connectivity index (χ4n) is 2.76. The van der Waals surface area contributed by atoms with E-state index in [4.69, 9.17) is 4.74 Å². The van der Waals surface area contributed by atoms with Gasteiger partial charge in [0.1, 0.15) is 0 Å². The van der Waals surface area contributed by atoms with Crippen LogP contribution in [0.4, 0.5) is 4.79 Å². The van der Waals surface area contributed by atoms with Gasteiger partial charge in [0, 0.05) is 36.0 Å². The summed E-state index contributed by atoms with van der Waals surface area (Å²) in [7, 11) is 0. The van der Waals surface area contributed by atoms with E-state index in [0.29, 0.717) is 31.5 Å². The molecule has 0 N–H and O–H groups in total. The molecule has 3 heterocycles. The van der Waals surface area contributed by atoms with Crippen LogP contribution in [0.15, 0.2) is 22.9 Å². The van der Waals surface area contributed by atoms with Gasteiger partial charge in [-0.05, 0) is 34.8 Å². The predicted molar refractivity (Wildman–Crippen MR) is 79.1 cm³/mol. The first-order valence-electron chi connectivity index (χ1n) is 6.95. The molecule has 0 aromatic carbocycles. The number of hydrogen-bond acceptors (Lipinski definition) is 5. The van der Waals surface area contributed by atoms with Gasteiger partial charge in [0.25, 0.3) is 11.8 Å². The van der Waals surface area contributed by atoms with Crippen LogP contribution in [0.5, 0.6) is 0 Å². The van der Waals surface area contributed by atoms with Crippen LogP contribution in [0.25, 0.3) is 0 Å². The van der Waals surface area contributed by atoms with Crippen LogP contribution >= 0.6 is 15.9 Å². The first kappa shape index (κ1) is 15.0. The molecule has 1 aromatic heterocycles. The molecule has 8 heteroatoms. The fourth-order valence-corrected chi connectivity index (χ4v) is 3.12. The van der Waals surface area contributed by atoms with Crippen molar-refractivity contribution in [3.05, 3.63) is 28.5 Å². The number of piperidine rings is 1. The summed E-state index contributed by atoms with van der Waals surface area (Å²) >= 11 is 3.29. The SMILES string of the molecule is O=C(c1cncc(Br)c1)N1CCC(N2C(=O)COC2=O)CC1. The lowest BCUT2D eigenvalue weighted by Gasteiger charge is -2.34. The molecule has 22 heavy (non-hydrogen) atoms. The van der Waals surface area contributed by atoms with Crippen LogP contribution in [-0.2, 0) is 9.53 Å². The van der Waals surface area contributed by atoms with E-state index in [1.54, 1.807) is 17.2 Å². The molecule has 116 valence electrons. The second-order valence-electron chi connectivity index (χ2n) is 5.23. The summed E-state index contributed by atoms with van der Waals surface area (Å²) < 4.78 is 5.48. The van der Waals surface area contributed by atoms with Crippen LogP contribution in [0.1, 0.15) is 23.2 Å². The molecule has 3 rings (SSSR count). The molecule has 0 unspecified atom stereocenters. The smallest absolute Gasteiger partial charge is 0.417 e. The van der Waals surface area contributed by atoms with Crippen LogP contribution in [0.2, 0.25) is 0 Å². The van der Waals surface area contributed by atoms with Crippen molar-refractivity contribution in [1.82, 2.24) is 14.8 Å². The first-order valence-corrected chi connectivity index (χ1v) is 7.74. The Hall–Kier alpha value is -1.96. The van der Waals surface area contributed by atoms with E-state index in [0.717, 1.165) is 4.47 Å². The molecular formula is C14H14BrN3O4. The fraction of sp³-hybridized carbons (Fsp3) is 0.429. The molecule has 2 aliphatic rings. The number of carbonyl (C=O) groups excluding carboxylic acids is 3. The quantitative estimate of drug-likeness (QED) is 0.789. The van der Waals surface area contributed by atoms with Crippen LogP contribution in [-0.4, -0.2) is 58.4 Å². The minimum atomic E-state index is -0.578. The maximum atomic E-state index is 12.4. The second kappa shape index (κ2) is 6.04. The lowest BCUT2D eigenvalue weighted by molar-refractivity contribution is -0.127. The molecule has 7 nitrogen and oxygen atoms in total. The molecule has 2 fully saturated rings. The van der Waals surface area contributed by atoms with Gasteiger partial charge in [-0.3, -0.25) is 14.6 Å². The number of rotatable bonds is 2. The number of halogens is 1. The summed E-state index contributed by atoms with van der Waals surface area (Å²) in [6.45, 7) is 0.807. The van der Waals surface area contributed by atoms with E-state index in [9.17, 15) is 14.4 Å². The molecule has 0 radical (unpaired) electrons. The number of pyridine rings is 1. The molecule has 0 bridgehead atoms. The largest absolute Gasteiger partial charge is 0.439 e. The van der Waals surface area contributed by atoms with Crippen molar-refractivity contribution in [2.45, 2.75) is 18.9 Å². The normalized spacial score (nSPS) is 19.5. The van der Waals surface area contributed by atoms with E-state index >= 15 is 0 Å². The maximum Gasteiger partial charge on any atom is 0.417 e. The van der Waals surface area contributed by atoms with E-state index < -0.39 is 6.09 Å². The zero-order valence-electron chi connectivity index (χ0n) is 11.7. The highest BCUT2D eigenvalue weighted by atomic mass is 79.9. The van der Waals surface area contributed by atoms with Gasteiger partial charge in [0.2, 0.25) is 0 Å². The molecule has 0 spiro atoms. The van der Waals surface area contributed by atoms with Gasteiger partial charge >= 0.3 is 6.09 Å². The number of hydrogen-bond donors (Lipinski definition) is 0. The molecule has 0 aliphatic carbocycles. The lowest BCUT2D eigenvalue weighted by atomic mass is 10.0. The molecular weight excluding hydrogens is 354 g/mol. The zero-order valence-corrected chi connectivity index (χ0v) is 13.3. The number of ether oxygens (including phenoxy) is 1. The van der Waals surface area contributed by atoms with E-state index in [-0.39, 0.29) is 24.5 Å². The molecule has 2 saturated heterocycles. The molecule has 1 aromatic rings. The van der Waals surface area contributed by atoms with Crippen molar-refractivity contribution < 1.29 is 19.1 Å². The predicted octanol–water partition coefficient (Wildman–Crippen LogP) is 1.43. The number of likely N-dealkylation sites (tertiary alicyclic amines) is 1. The Kier molecular flexibility index (Phi) is 4.10. The topological polar surface area (TPSA) is 79.8 Å². The third-order valence-corrected chi connectivity index (χ3v) is 4.29. The van der Waals surface area contributed by atoms with E-state index in [2.05, 4.69) is 20.9 Å². The van der Waals surface area contributed by atoms with Crippen LogP contribution in [0, 0.1) is 0 Å². The number of carbonyl (C=O) groups is 3. The number of imide groups is 1. The number of nitrogens with zero attached hydrogens (tertiary/aromatic N) is 3. The Labute approximate surface area is 135 Å². The summed E-state index contributed by atoms with van der Waals surface area (Å²) in [6.07, 6.45) is 3.70. The van der Waals surface area contributed by atoms with Gasteiger partial charge in [-0.15, -0.1) is 0 Å². The second-order valence-corrected chi connectivity index (χ2v) is 6.15. The summed E-state index contributed by atoms with van der Waals surface area (Å²) in [5.74, 6) is -0.395. The monoisotopic (exact) mass is 367 g/mol. The Balaban J connectivity index is 1.63. The lowest BCUT2D eigenvalue weighted by Crippen LogP contribution is -2.48. The Morgan fingerprint density at radius 2 is 2.00 bits per heavy atom.